The van der Waals surface area contributed by atoms with Gasteiger partial charge in [-0.15, -0.1) is 0 Å². The molecule has 0 aliphatic carbocycles. The zero-order chi connectivity index (χ0) is 21.7. The van der Waals surface area contributed by atoms with Gasteiger partial charge in [0.2, 0.25) is 10.0 Å². The predicted molar refractivity (Wildman–Crippen MR) is 120 cm³/mol. The van der Waals surface area contributed by atoms with Crippen molar-refractivity contribution in [2.45, 2.75) is 4.90 Å². The topological polar surface area (TPSA) is 73.0 Å². The Bertz CT molecular complexity index is 955. The van der Waals surface area contributed by atoms with Crippen LogP contribution in [-0.2, 0) is 10.0 Å². The molecule has 2 aromatic rings. The highest BCUT2D eigenvalue weighted by atomic mass is 35.5. The van der Waals surface area contributed by atoms with Crippen molar-refractivity contribution in [3.05, 3.63) is 59.1 Å². The number of nitrogens with one attached hydrogen (secondary N) is 1. The second-order valence-electron chi connectivity index (χ2n) is 7.37. The van der Waals surface area contributed by atoms with E-state index < -0.39 is 10.0 Å². The molecule has 1 amide bonds. The van der Waals surface area contributed by atoms with Crippen molar-refractivity contribution in [2.75, 3.05) is 58.3 Å². The molecule has 0 atom stereocenters. The van der Waals surface area contributed by atoms with E-state index in [0.29, 0.717) is 12.1 Å². The highest BCUT2D eigenvalue weighted by Crippen LogP contribution is 2.19. The Morgan fingerprint density at radius 3 is 2.17 bits per heavy atom. The van der Waals surface area contributed by atoms with Gasteiger partial charge in [0, 0.05) is 69.6 Å². The van der Waals surface area contributed by atoms with E-state index in [2.05, 4.69) is 15.1 Å². The summed E-state index contributed by atoms with van der Waals surface area (Å²) in [5.74, 6) is -0.205. The van der Waals surface area contributed by atoms with E-state index in [1.165, 1.54) is 44.0 Å². The molecular weight excluding hydrogens is 424 g/mol. The highest BCUT2D eigenvalue weighted by molar-refractivity contribution is 7.89. The van der Waals surface area contributed by atoms with Gasteiger partial charge in [0.15, 0.2) is 0 Å². The van der Waals surface area contributed by atoms with Crippen molar-refractivity contribution in [1.82, 2.24) is 14.5 Å². The van der Waals surface area contributed by atoms with Crippen LogP contribution in [0.25, 0.3) is 0 Å². The highest BCUT2D eigenvalue weighted by Gasteiger charge is 2.19. The van der Waals surface area contributed by atoms with Gasteiger partial charge in [0.05, 0.1) is 4.90 Å². The fourth-order valence-electron chi connectivity index (χ4n) is 3.30. The number of carbonyl (C=O) groups excluding carboxylic acids is 1. The smallest absolute Gasteiger partial charge is 0.251 e. The SMILES string of the molecule is CN(C)S(=O)(=O)c1ccc(C(=O)NCCN2CCN(c3ccc(Cl)cc3)CC2)cc1. The first-order valence-corrected chi connectivity index (χ1v) is 11.6. The van der Waals surface area contributed by atoms with Gasteiger partial charge in [-0.1, -0.05) is 11.6 Å². The minimum atomic E-state index is -3.49. The van der Waals surface area contributed by atoms with E-state index in [9.17, 15) is 13.2 Å². The lowest BCUT2D eigenvalue weighted by atomic mass is 10.2. The third-order valence-corrected chi connectivity index (χ3v) is 7.25. The quantitative estimate of drug-likeness (QED) is 0.699. The van der Waals surface area contributed by atoms with Gasteiger partial charge in [-0.2, -0.15) is 0 Å². The summed E-state index contributed by atoms with van der Waals surface area (Å²) in [5.41, 5.74) is 1.62. The molecule has 0 radical (unpaired) electrons. The number of hydrogen-bond acceptors (Lipinski definition) is 5. The fourth-order valence-corrected chi connectivity index (χ4v) is 4.33. The minimum absolute atomic E-state index is 0.169. The van der Waals surface area contributed by atoms with Crippen LogP contribution in [0.3, 0.4) is 0 Å². The van der Waals surface area contributed by atoms with Crippen molar-refractivity contribution in [1.29, 1.82) is 0 Å². The molecule has 2 aromatic carbocycles. The standard InChI is InChI=1S/C21H27ClN4O3S/c1-24(2)30(28,29)20-9-3-17(4-10-20)21(27)23-11-12-25-13-15-26(16-14-25)19-7-5-18(22)6-8-19/h3-10H,11-16H2,1-2H3,(H,23,27). The predicted octanol–water partition coefficient (Wildman–Crippen LogP) is 2.14. The number of benzene rings is 2. The second kappa shape index (κ2) is 9.78. The number of nitrogens with zero attached hydrogens (tertiary/aromatic N) is 3. The Morgan fingerprint density at radius 2 is 1.60 bits per heavy atom. The zero-order valence-electron chi connectivity index (χ0n) is 17.2. The molecule has 9 heteroatoms. The molecule has 0 spiro atoms. The number of amides is 1. The van der Waals surface area contributed by atoms with Gasteiger partial charge < -0.3 is 10.2 Å². The maximum Gasteiger partial charge on any atom is 0.251 e. The summed E-state index contributed by atoms with van der Waals surface area (Å²) in [4.78, 5) is 17.2. The van der Waals surface area contributed by atoms with Crippen molar-refractivity contribution in [3.8, 4) is 0 Å². The van der Waals surface area contributed by atoms with Crippen molar-refractivity contribution in [2.24, 2.45) is 0 Å². The van der Waals surface area contributed by atoms with Gasteiger partial charge in [-0.3, -0.25) is 9.69 Å². The summed E-state index contributed by atoms with van der Waals surface area (Å²) in [6, 6.07) is 13.9. The second-order valence-corrected chi connectivity index (χ2v) is 9.96. The molecular formula is C21H27ClN4O3S. The average molecular weight is 451 g/mol. The number of hydrogen-bond donors (Lipinski definition) is 1. The Kier molecular flexibility index (Phi) is 7.36. The molecule has 0 unspecified atom stereocenters. The number of rotatable bonds is 7. The summed E-state index contributed by atoms with van der Waals surface area (Å²) in [6.07, 6.45) is 0. The van der Waals surface area contributed by atoms with Gasteiger partial charge in [-0.25, -0.2) is 12.7 Å². The summed E-state index contributed by atoms with van der Waals surface area (Å²) < 4.78 is 25.3. The normalized spacial score (nSPS) is 15.4. The molecule has 30 heavy (non-hydrogen) atoms. The van der Waals surface area contributed by atoms with Crippen LogP contribution in [-0.4, -0.2) is 76.9 Å². The first-order chi connectivity index (χ1) is 14.3. The number of sulfonamides is 1. The molecule has 0 aromatic heterocycles. The Morgan fingerprint density at radius 1 is 1.00 bits per heavy atom. The summed E-state index contributed by atoms with van der Waals surface area (Å²) in [7, 11) is -0.538. The molecule has 1 aliphatic heterocycles. The van der Waals surface area contributed by atoms with E-state index in [-0.39, 0.29) is 10.8 Å². The number of halogens is 1. The molecule has 1 aliphatic rings. The summed E-state index contributed by atoms with van der Waals surface area (Å²) >= 11 is 5.95. The van der Waals surface area contributed by atoms with Gasteiger partial charge in [0.25, 0.3) is 5.91 Å². The molecule has 1 N–H and O–H groups in total. The van der Waals surface area contributed by atoms with Crippen LogP contribution in [0.1, 0.15) is 10.4 Å². The largest absolute Gasteiger partial charge is 0.369 e. The Hall–Kier alpha value is -2.13. The molecule has 1 saturated heterocycles. The number of anilines is 1. The average Bonchev–Trinajstić information content (AvgIpc) is 2.75. The molecule has 7 nitrogen and oxygen atoms in total. The molecule has 0 bridgehead atoms. The number of piperazine rings is 1. The van der Waals surface area contributed by atoms with E-state index in [4.69, 9.17) is 11.6 Å². The monoisotopic (exact) mass is 450 g/mol. The maximum atomic E-state index is 12.3. The molecule has 162 valence electrons. The zero-order valence-corrected chi connectivity index (χ0v) is 18.8. The lowest BCUT2D eigenvalue weighted by Crippen LogP contribution is -2.48. The minimum Gasteiger partial charge on any atom is -0.369 e. The van der Waals surface area contributed by atoms with Crippen LogP contribution >= 0.6 is 11.6 Å². The molecule has 1 heterocycles. The van der Waals surface area contributed by atoms with E-state index in [0.717, 1.165) is 42.1 Å². The third-order valence-electron chi connectivity index (χ3n) is 5.17. The third kappa shape index (κ3) is 5.51. The van der Waals surface area contributed by atoms with Crippen LogP contribution in [0.4, 0.5) is 5.69 Å². The fraction of sp³-hybridized carbons (Fsp3) is 0.381. The first kappa shape index (κ1) is 22.6. The van der Waals surface area contributed by atoms with Crippen LogP contribution in [0, 0.1) is 0 Å². The van der Waals surface area contributed by atoms with E-state index in [1.54, 1.807) is 0 Å². The summed E-state index contributed by atoms with van der Waals surface area (Å²) in [6.45, 7) is 5.02. The Labute approximate surface area is 183 Å². The van der Waals surface area contributed by atoms with Crippen LogP contribution in [0.15, 0.2) is 53.4 Å². The van der Waals surface area contributed by atoms with E-state index in [1.807, 2.05) is 24.3 Å². The molecule has 1 fully saturated rings. The maximum absolute atomic E-state index is 12.3. The lowest BCUT2D eigenvalue weighted by Gasteiger charge is -2.36. The molecule has 0 saturated carbocycles. The van der Waals surface area contributed by atoms with Crippen molar-refractivity contribution in [3.63, 3.8) is 0 Å². The Balaban J connectivity index is 1.43. The van der Waals surface area contributed by atoms with Crippen molar-refractivity contribution < 1.29 is 13.2 Å². The summed E-state index contributed by atoms with van der Waals surface area (Å²) in [5, 5.41) is 3.65. The molecule has 3 rings (SSSR count). The van der Waals surface area contributed by atoms with Crippen LogP contribution in [0.5, 0.6) is 0 Å². The van der Waals surface area contributed by atoms with Crippen LogP contribution in [0.2, 0.25) is 5.02 Å². The van der Waals surface area contributed by atoms with Gasteiger partial charge in [-0.05, 0) is 48.5 Å². The lowest BCUT2D eigenvalue weighted by molar-refractivity contribution is 0.0947. The van der Waals surface area contributed by atoms with E-state index >= 15 is 0 Å². The van der Waals surface area contributed by atoms with Gasteiger partial charge >= 0.3 is 0 Å². The van der Waals surface area contributed by atoms with Crippen LogP contribution < -0.4 is 10.2 Å². The first-order valence-electron chi connectivity index (χ1n) is 9.81. The van der Waals surface area contributed by atoms with Gasteiger partial charge in [0.1, 0.15) is 0 Å². The number of carbonyl (C=O) groups is 1. The van der Waals surface area contributed by atoms with Crippen molar-refractivity contribution >= 4 is 33.2 Å².